The molecule has 1 aliphatic carbocycles. The molecule has 1 spiro atoms. The normalized spacial score (nSPS) is 23.4. The summed E-state index contributed by atoms with van der Waals surface area (Å²) in [5, 5.41) is 0. The van der Waals surface area contributed by atoms with Crippen molar-refractivity contribution in [2.75, 3.05) is 31.1 Å². The molecule has 0 unspecified atom stereocenters. The van der Waals surface area contributed by atoms with Crippen LogP contribution >= 0.6 is 0 Å². The number of nitrogens with zero attached hydrogens (tertiary/aromatic N) is 3. The Morgan fingerprint density at radius 1 is 1.08 bits per heavy atom. The Kier molecular flexibility index (Phi) is 4.78. The summed E-state index contributed by atoms with van der Waals surface area (Å²) in [6.07, 6.45) is 14.5. The topological polar surface area (TPSA) is 36.4 Å². The van der Waals surface area contributed by atoms with Gasteiger partial charge in [-0.1, -0.05) is 18.2 Å². The molecule has 4 heteroatoms. The molecular weight excluding hydrogens is 310 g/mol. The molecule has 1 saturated heterocycles. The maximum absolute atomic E-state index is 12.4. The molecule has 25 heavy (non-hydrogen) atoms. The smallest absolute Gasteiger partial charge is 0.223 e. The summed E-state index contributed by atoms with van der Waals surface area (Å²) in [5.41, 5.74) is 0.528. The molecule has 134 valence electrons. The summed E-state index contributed by atoms with van der Waals surface area (Å²) in [6.45, 7) is 3.89. The predicted molar refractivity (Wildman–Crippen MR) is 100 cm³/mol. The molecule has 0 aromatic carbocycles. The van der Waals surface area contributed by atoms with Gasteiger partial charge in [0.15, 0.2) is 0 Å². The SMILES string of the molecule is O=C(CC1CCC2(CC1)CCN(c1ccccn1)CC2)N1CC=CC1. The summed E-state index contributed by atoms with van der Waals surface area (Å²) in [4.78, 5) is 21.3. The van der Waals surface area contributed by atoms with Gasteiger partial charge in [0.05, 0.1) is 0 Å². The van der Waals surface area contributed by atoms with Gasteiger partial charge in [0.1, 0.15) is 5.82 Å². The van der Waals surface area contributed by atoms with Gasteiger partial charge in [0.25, 0.3) is 0 Å². The molecule has 3 aliphatic rings. The van der Waals surface area contributed by atoms with E-state index in [4.69, 9.17) is 0 Å². The van der Waals surface area contributed by atoms with E-state index in [2.05, 4.69) is 34.2 Å². The Bertz CT molecular complexity index is 601. The lowest BCUT2D eigenvalue weighted by Gasteiger charge is -2.46. The molecule has 0 atom stereocenters. The van der Waals surface area contributed by atoms with Crippen LogP contribution in [0.3, 0.4) is 0 Å². The highest BCUT2D eigenvalue weighted by Gasteiger charge is 2.38. The Morgan fingerprint density at radius 2 is 1.80 bits per heavy atom. The first-order valence-corrected chi connectivity index (χ1v) is 9.83. The van der Waals surface area contributed by atoms with Crippen LogP contribution < -0.4 is 4.90 Å². The molecular formula is C21H29N3O. The van der Waals surface area contributed by atoms with E-state index in [-0.39, 0.29) is 0 Å². The molecule has 0 radical (unpaired) electrons. The first kappa shape index (κ1) is 16.6. The van der Waals surface area contributed by atoms with Crippen molar-refractivity contribution < 1.29 is 4.79 Å². The van der Waals surface area contributed by atoms with Crippen molar-refractivity contribution >= 4 is 11.7 Å². The van der Waals surface area contributed by atoms with Gasteiger partial charge in [0, 0.05) is 38.8 Å². The van der Waals surface area contributed by atoms with Crippen molar-refractivity contribution in [1.29, 1.82) is 0 Å². The molecule has 4 rings (SSSR count). The van der Waals surface area contributed by atoms with Gasteiger partial charge in [-0.15, -0.1) is 0 Å². The number of aromatic nitrogens is 1. The summed E-state index contributed by atoms with van der Waals surface area (Å²) < 4.78 is 0. The van der Waals surface area contributed by atoms with E-state index in [0.29, 0.717) is 17.2 Å². The molecule has 4 nitrogen and oxygen atoms in total. The van der Waals surface area contributed by atoms with E-state index >= 15 is 0 Å². The van der Waals surface area contributed by atoms with Crippen LogP contribution in [0, 0.1) is 11.3 Å². The van der Waals surface area contributed by atoms with Gasteiger partial charge in [-0.2, -0.15) is 0 Å². The molecule has 0 bridgehead atoms. The van der Waals surface area contributed by atoms with Gasteiger partial charge in [-0.25, -0.2) is 4.98 Å². The molecule has 1 aromatic heterocycles. The van der Waals surface area contributed by atoms with Gasteiger partial charge >= 0.3 is 0 Å². The highest BCUT2D eigenvalue weighted by atomic mass is 16.2. The predicted octanol–water partition coefficient (Wildman–Crippen LogP) is 3.65. The van der Waals surface area contributed by atoms with Gasteiger partial charge in [-0.05, 0) is 62.0 Å². The largest absolute Gasteiger partial charge is 0.357 e. The number of carbonyl (C=O) groups is 1. The third kappa shape index (κ3) is 3.73. The fraction of sp³-hybridized carbons (Fsp3) is 0.619. The second-order valence-corrected chi connectivity index (χ2v) is 8.09. The maximum Gasteiger partial charge on any atom is 0.223 e. The van der Waals surface area contributed by atoms with Gasteiger partial charge in [-0.3, -0.25) is 4.79 Å². The van der Waals surface area contributed by atoms with E-state index in [1.807, 2.05) is 17.2 Å². The number of carbonyl (C=O) groups excluding carboxylic acids is 1. The third-order valence-corrected chi connectivity index (χ3v) is 6.60. The number of pyridine rings is 1. The van der Waals surface area contributed by atoms with Crippen LogP contribution in [-0.2, 0) is 4.79 Å². The second kappa shape index (κ2) is 7.19. The zero-order valence-electron chi connectivity index (χ0n) is 15.1. The fourth-order valence-corrected chi connectivity index (χ4v) is 4.80. The quantitative estimate of drug-likeness (QED) is 0.789. The Hall–Kier alpha value is -1.84. The van der Waals surface area contributed by atoms with Crippen molar-refractivity contribution in [3.8, 4) is 0 Å². The van der Waals surface area contributed by atoms with Gasteiger partial charge in [0.2, 0.25) is 5.91 Å². The van der Waals surface area contributed by atoms with Crippen molar-refractivity contribution in [2.45, 2.75) is 44.9 Å². The lowest BCUT2D eigenvalue weighted by atomic mass is 9.65. The number of hydrogen-bond donors (Lipinski definition) is 0. The molecule has 1 aromatic rings. The molecule has 2 fully saturated rings. The number of hydrogen-bond acceptors (Lipinski definition) is 3. The van der Waals surface area contributed by atoms with Crippen molar-refractivity contribution in [2.24, 2.45) is 11.3 Å². The minimum Gasteiger partial charge on any atom is -0.357 e. The average Bonchev–Trinajstić information content (AvgIpc) is 3.20. The summed E-state index contributed by atoms with van der Waals surface area (Å²) in [6, 6.07) is 6.17. The maximum atomic E-state index is 12.4. The number of amides is 1. The Labute approximate surface area is 150 Å². The van der Waals surface area contributed by atoms with E-state index in [0.717, 1.165) is 38.4 Å². The van der Waals surface area contributed by atoms with Gasteiger partial charge < -0.3 is 9.80 Å². The van der Waals surface area contributed by atoms with Crippen molar-refractivity contribution in [1.82, 2.24) is 9.88 Å². The Morgan fingerprint density at radius 3 is 2.44 bits per heavy atom. The lowest BCUT2D eigenvalue weighted by molar-refractivity contribution is -0.131. The highest BCUT2D eigenvalue weighted by molar-refractivity contribution is 5.77. The molecule has 3 heterocycles. The monoisotopic (exact) mass is 339 g/mol. The zero-order chi connectivity index (χ0) is 17.1. The van der Waals surface area contributed by atoms with Crippen LogP contribution in [0.4, 0.5) is 5.82 Å². The number of anilines is 1. The van der Waals surface area contributed by atoms with Crippen molar-refractivity contribution in [3.05, 3.63) is 36.5 Å². The van der Waals surface area contributed by atoms with E-state index in [9.17, 15) is 4.79 Å². The van der Waals surface area contributed by atoms with E-state index in [1.54, 1.807) is 0 Å². The third-order valence-electron chi connectivity index (χ3n) is 6.60. The van der Waals surface area contributed by atoms with Crippen molar-refractivity contribution in [3.63, 3.8) is 0 Å². The molecule has 0 N–H and O–H groups in total. The van der Waals surface area contributed by atoms with E-state index < -0.39 is 0 Å². The fourth-order valence-electron chi connectivity index (χ4n) is 4.80. The number of piperidine rings is 1. The van der Waals surface area contributed by atoms with Crippen LogP contribution in [0.25, 0.3) is 0 Å². The molecule has 1 amide bonds. The second-order valence-electron chi connectivity index (χ2n) is 8.09. The lowest BCUT2D eigenvalue weighted by Crippen LogP contribution is -2.42. The molecule has 2 aliphatic heterocycles. The van der Waals surface area contributed by atoms with Crippen LogP contribution in [0.15, 0.2) is 36.5 Å². The standard InChI is InChI=1S/C21H29N3O/c25-20(24-13-3-4-14-24)17-18-6-8-21(9-7-18)10-15-23(16-11-21)19-5-1-2-12-22-19/h1-5,12,18H,6-11,13-17H2. The minimum absolute atomic E-state index is 0.357. The Balaban J connectivity index is 1.25. The van der Waals surface area contributed by atoms with Crippen LogP contribution in [-0.4, -0.2) is 42.0 Å². The number of rotatable bonds is 3. The molecule has 1 saturated carbocycles. The van der Waals surface area contributed by atoms with Crippen LogP contribution in [0.2, 0.25) is 0 Å². The van der Waals surface area contributed by atoms with Crippen LogP contribution in [0.1, 0.15) is 44.9 Å². The minimum atomic E-state index is 0.357. The summed E-state index contributed by atoms with van der Waals surface area (Å²) in [7, 11) is 0. The first-order chi connectivity index (χ1) is 12.2. The summed E-state index contributed by atoms with van der Waals surface area (Å²) >= 11 is 0. The average molecular weight is 339 g/mol. The van der Waals surface area contributed by atoms with E-state index in [1.165, 1.54) is 38.5 Å². The highest BCUT2D eigenvalue weighted by Crippen LogP contribution is 2.47. The first-order valence-electron chi connectivity index (χ1n) is 9.83. The summed E-state index contributed by atoms with van der Waals surface area (Å²) in [5.74, 6) is 2.08. The zero-order valence-corrected chi connectivity index (χ0v) is 15.1. The van der Waals surface area contributed by atoms with Crippen LogP contribution in [0.5, 0.6) is 0 Å².